The molecule has 0 amide bonds. The van der Waals surface area contributed by atoms with E-state index in [1.807, 2.05) is 0 Å². The van der Waals surface area contributed by atoms with Crippen LogP contribution in [0.4, 0.5) is 11.4 Å². The second-order valence-electron chi connectivity index (χ2n) is 4.85. The zero-order chi connectivity index (χ0) is 17.9. The molecule has 10 heteroatoms. The second-order valence-corrected chi connectivity index (χ2v) is 6.40. The fraction of sp³-hybridized carbons (Fsp3) is 0.143. The van der Waals surface area contributed by atoms with Crippen molar-refractivity contribution in [1.82, 2.24) is 0 Å². The van der Waals surface area contributed by atoms with Crippen LogP contribution >= 0.6 is 0 Å². The quantitative estimate of drug-likeness (QED) is 0.444. The van der Waals surface area contributed by atoms with Crippen LogP contribution in [0.15, 0.2) is 47.4 Å². The molecular weight excluding hydrogens is 340 g/mol. The van der Waals surface area contributed by atoms with Crippen LogP contribution in [0.1, 0.15) is 11.1 Å². The average molecular weight is 352 g/mol. The highest BCUT2D eigenvalue weighted by Crippen LogP contribution is 2.35. The van der Waals surface area contributed by atoms with Crippen molar-refractivity contribution in [2.75, 3.05) is 0 Å². The number of aryl methyl sites for hydroxylation is 1. The van der Waals surface area contributed by atoms with Gasteiger partial charge in [0.2, 0.25) is 4.90 Å². The van der Waals surface area contributed by atoms with Crippen molar-refractivity contribution in [2.24, 2.45) is 0 Å². The zero-order valence-corrected chi connectivity index (χ0v) is 13.2. The van der Waals surface area contributed by atoms with E-state index in [0.29, 0.717) is 5.56 Å². The van der Waals surface area contributed by atoms with Gasteiger partial charge < -0.3 is 0 Å². The van der Waals surface area contributed by atoms with Crippen molar-refractivity contribution in [3.8, 4) is 0 Å². The highest BCUT2D eigenvalue weighted by atomic mass is 32.2. The van der Waals surface area contributed by atoms with E-state index in [1.165, 1.54) is 6.92 Å². The van der Waals surface area contributed by atoms with Gasteiger partial charge >= 0.3 is 10.1 Å². The third-order valence-corrected chi connectivity index (χ3v) is 4.41. The molecule has 126 valence electrons. The van der Waals surface area contributed by atoms with E-state index in [4.69, 9.17) is 4.18 Å². The molecule has 0 unspecified atom stereocenters. The Hall–Kier alpha value is -2.85. The fourth-order valence-electron chi connectivity index (χ4n) is 2.04. The van der Waals surface area contributed by atoms with Gasteiger partial charge in [0, 0.05) is 12.1 Å². The number of nitro groups is 2. The normalized spacial score (nSPS) is 11.2. The van der Waals surface area contributed by atoms with E-state index >= 15 is 0 Å². The van der Waals surface area contributed by atoms with E-state index in [0.717, 1.165) is 12.1 Å². The first-order valence-corrected chi connectivity index (χ1v) is 8.00. The van der Waals surface area contributed by atoms with Gasteiger partial charge in [-0.3, -0.25) is 24.4 Å². The Morgan fingerprint density at radius 3 is 1.96 bits per heavy atom. The van der Waals surface area contributed by atoms with Crippen LogP contribution in [0.5, 0.6) is 0 Å². The summed E-state index contributed by atoms with van der Waals surface area (Å²) < 4.78 is 29.5. The van der Waals surface area contributed by atoms with Gasteiger partial charge in [-0.15, -0.1) is 0 Å². The smallest absolute Gasteiger partial charge is 0.261 e. The molecule has 0 fully saturated rings. The highest BCUT2D eigenvalue weighted by molar-refractivity contribution is 7.87. The summed E-state index contributed by atoms with van der Waals surface area (Å²) in [7, 11) is -4.71. The van der Waals surface area contributed by atoms with Crippen LogP contribution in [0.25, 0.3) is 0 Å². The molecule has 0 aliphatic heterocycles. The van der Waals surface area contributed by atoms with Crippen molar-refractivity contribution in [1.29, 1.82) is 0 Å². The Kier molecular flexibility index (Phi) is 4.90. The van der Waals surface area contributed by atoms with E-state index in [9.17, 15) is 28.6 Å². The Labute approximate surface area is 136 Å². The number of rotatable bonds is 6. The van der Waals surface area contributed by atoms with Crippen molar-refractivity contribution >= 4 is 21.5 Å². The lowest BCUT2D eigenvalue weighted by molar-refractivity contribution is -0.400. The molecule has 0 spiro atoms. The number of nitrogens with zero attached hydrogens (tertiary/aromatic N) is 2. The zero-order valence-electron chi connectivity index (χ0n) is 12.4. The SMILES string of the molecule is Cc1cc([N+](=O)[O-])c(S(=O)(=O)OCc2ccccc2)c([N+](=O)[O-])c1. The molecule has 0 bridgehead atoms. The molecule has 24 heavy (non-hydrogen) atoms. The van der Waals surface area contributed by atoms with Crippen LogP contribution in [0, 0.1) is 27.2 Å². The van der Waals surface area contributed by atoms with Gasteiger partial charge in [0.15, 0.2) is 0 Å². The van der Waals surface area contributed by atoms with Gasteiger partial charge in [0.1, 0.15) is 0 Å². The maximum absolute atomic E-state index is 12.3. The molecule has 9 nitrogen and oxygen atoms in total. The molecular formula is C14H12N2O7S. The van der Waals surface area contributed by atoms with E-state index < -0.39 is 42.8 Å². The van der Waals surface area contributed by atoms with Gasteiger partial charge in [-0.2, -0.15) is 8.42 Å². The van der Waals surface area contributed by atoms with E-state index in [2.05, 4.69) is 0 Å². The van der Waals surface area contributed by atoms with Crippen LogP contribution < -0.4 is 0 Å². The summed E-state index contributed by atoms with van der Waals surface area (Å²) in [6.45, 7) is 0.993. The van der Waals surface area contributed by atoms with Crippen LogP contribution in [-0.2, 0) is 20.9 Å². The minimum atomic E-state index is -4.71. The van der Waals surface area contributed by atoms with Gasteiger partial charge in [-0.05, 0) is 18.1 Å². The summed E-state index contributed by atoms with van der Waals surface area (Å²) in [6.07, 6.45) is 0. The van der Waals surface area contributed by atoms with Crippen molar-refractivity contribution in [2.45, 2.75) is 18.4 Å². The number of nitro benzene ring substituents is 2. The molecule has 0 N–H and O–H groups in total. The molecule has 0 radical (unpaired) electrons. The summed E-state index contributed by atoms with van der Waals surface area (Å²) >= 11 is 0. The molecule has 0 atom stereocenters. The fourth-order valence-corrected chi connectivity index (χ4v) is 3.23. The molecule has 0 aliphatic carbocycles. The summed E-state index contributed by atoms with van der Waals surface area (Å²) in [4.78, 5) is 19.2. The first-order valence-electron chi connectivity index (χ1n) is 6.59. The lowest BCUT2D eigenvalue weighted by atomic mass is 10.2. The van der Waals surface area contributed by atoms with Crippen LogP contribution in [0.2, 0.25) is 0 Å². The Morgan fingerprint density at radius 2 is 1.50 bits per heavy atom. The molecule has 0 heterocycles. The highest BCUT2D eigenvalue weighted by Gasteiger charge is 2.37. The van der Waals surface area contributed by atoms with Crippen LogP contribution in [-0.4, -0.2) is 18.3 Å². The van der Waals surface area contributed by atoms with Gasteiger partial charge in [-0.1, -0.05) is 30.3 Å². The summed E-state index contributed by atoms with van der Waals surface area (Å²) in [5.74, 6) is 0. The Bertz CT molecular complexity index is 860. The maximum atomic E-state index is 12.3. The predicted octanol–water partition coefficient (Wildman–Crippen LogP) is 2.72. The predicted molar refractivity (Wildman–Crippen MR) is 82.9 cm³/mol. The first-order chi connectivity index (χ1) is 11.2. The largest absolute Gasteiger partial charge is 0.311 e. The minimum Gasteiger partial charge on any atom is -0.261 e. The molecule has 0 aliphatic rings. The van der Waals surface area contributed by atoms with Crippen LogP contribution in [0.3, 0.4) is 0 Å². The molecule has 2 rings (SSSR count). The first kappa shape index (κ1) is 17.5. The van der Waals surface area contributed by atoms with Crippen molar-refractivity contribution in [3.63, 3.8) is 0 Å². The van der Waals surface area contributed by atoms with Gasteiger partial charge in [-0.25, -0.2) is 0 Å². The molecule has 0 saturated carbocycles. The Balaban J connectivity index is 2.52. The Morgan fingerprint density at radius 1 is 1.00 bits per heavy atom. The number of hydrogen-bond donors (Lipinski definition) is 0. The van der Waals surface area contributed by atoms with Gasteiger partial charge in [0.05, 0.1) is 16.5 Å². The average Bonchev–Trinajstić information content (AvgIpc) is 2.53. The monoisotopic (exact) mass is 352 g/mol. The topological polar surface area (TPSA) is 130 Å². The standard InChI is InChI=1S/C14H12N2O7S/c1-10-7-12(15(17)18)14(13(8-10)16(19)20)24(21,22)23-9-11-5-3-2-4-6-11/h2-8H,9H2,1H3. The number of hydrogen-bond acceptors (Lipinski definition) is 7. The third-order valence-electron chi connectivity index (χ3n) is 3.06. The maximum Gasteiger partial charge on any atom is 0.311 e. The molecule has 0 saturated heterocycles. The van der Waals surface area contributed by atoms with E-state index in [1.54, 1.807) is 30.3 Å². The summed E-state index contributed by atoms with van der Waals surface area (Å²) in [6, 6.07) is 10.1. The lowest BCUT2D eigenvalue weighted by Crippen LogP contribution is -2.12. The summed E-state index contributed by atoms with van der Waals surface area (Å²) in [5, 5.41) is 22.3. The number of benzene rings is 2. The van der Waals surface area contributed by atoms with Gasteiger partial charge in [0.25, 0.3) is 11.4 Å². The molecule has 2 aromatic carbocycles. The van der Waals surface area contributed by atoms with E-state index in [-0.39, 0.29) is 5.56 Å². The molecule has 2 aromatic rings. The summed E-state index contributed by atoms with van der Waals surface area (Å²) in [5.41, 5.74) is -1.10. The van der Waals surface area contributed by atoms with Crippen molar-refractivity contribution < 1.29 is 22.4 Å². The lowest BCUT2D eigenvalue weighted by Gasteiger charge is -2.08. The minimum absolute atomic E-state index is 0.190. The molecule has 0 aromatic heterocycles. The van der Waals surface area contributed by atoms with Crippen molar-refractivity contribution in [3.05, 3.63) is 73.8 Å². The second kappa shape index (κ2) is 6.72. The third kappa shape index (κ3) is 3.73.